The molecule has 0 aromatic heterocycles. The molecule has 0 amide bonds. The van der Waals surface area contributed by atoms with Gasteiger partial charge < -0.3 is 14.8 Å². The van der Waals surface area contributed by atoms with Crippen LogP contribution in [0.15, 0.2) is 6.07 Å². The quantitative estimate of drug-likeness (QED) is 0.848. The van der Waals surface area contributed by atoms with Crippen molar-refractivity contribution in [3.8, 4) is 11.5 Å². The molecular formula is C14H18ClNO2. The SMILES string of the molecule is Cc1c(C2(C)CCCN2)cc(Cl)c2c1OCCO2. The van der Waals surface area contributed by atoms with Crippen molar-refractivity contribution >= 4 is 11.6 Å². The number of hydrogen-bond donors (Lipinski definition) is 1. The van der Waals surface area contributed by atoms with E-state index in [9.17, 15) is 0 Å². The zero-order valence-electron chi connectivity index (χ0n) is 10.8. The Hall–Kier alpha value is -0.930. The van der Waals surface area contributed by atoms with E-state index >= 15 is 0 Å². The van der Waals surface area contributed by atoms with Gasteiger partial charge in [0.25, 0.3) is 0 Å². The molecule has 0 radical (unpaired) electrons. The van der Waals surface area contributed by atoms with Crippen molar-refractivity contribution in [2.45, 2.75) is 32.2 Å². The summed E-state index contributed by atoms with van der Waals surface area (Å²) in [5, 5.41) is 4.22. The van der Waals surface area contributed by atoms with Gasteiger partial charge in [0.15, 0.2) is 11.5 Å². The van der Waals surface area contributed by atoms with Gasteiger partial charge in [0.1, 0.15) is 13.2 Å². The van der Waals surface area contributed by atoms with E-state index in [0.29, 0.717) is 24.0 Å². The lowest BCUT2D eigenvalue weighted by atomic mass is 9.86. The fourth-order valence-corrected chi connectivity index (χ4v) is 3.24. The van der Waals surface area contributed by atoms with Crippen molar-refractivity contribution in [3.05, 3.63) is 22.2 Å². The Balaban J connectivity index is 2.13. The van der Waals surface area contributed by atoms with Crippen LogP contribution in [0.2, 0.25) is 5.02 Å². The molecule has 2 aliphatic heterocycles. The van der Waals surface area contributed by atoms with Crippen LogP contribution < -0.4 is 14.8 Å². The van der Waals surface area contributed by atoms with E-state index in [1.807, 2.05) is 6.07 Å². The molecule has 1 saturated heterocycles. The molecule has 1 aromatic carbocycles. The monoisotopic (exact) mass is 267 g/mol. The lowest BCUT2D eigenvalue weighted by Gasteiger charge is -2.30. The number of benzene rings is 1. The predicted octanol–water partition coefficient (Wildman–Crippen LogP) is 3.02. The van der Waals surface area contributed by atoms with E-state index in [0.717, 1.165) is 24.3 Å². The molecule has 0 aliphatic carbocycles. The van der Waals surface area contributed by atoms with Gasteiger partial charge in [0, 0.05) is 11.1 Å². The van der Waals surface area contributed by atoms with Gasteiger partial charge in [-0.2, -0.15) is 0 Å². The molecule has 3 nitrogen and oxygen atoms in total. The van der Waals surface area contributed by atoms with Gasteiger partial charge in [-0.15, -0.1) is 0 Å². The highest BCUT2D eigenvalue weighted by Gasteiger charge is 2.34. The highest BCUT2D eigenvalue weighted by atomic mass is 35.5. The number of hydrogen-bond acceptors (Lipinski definition) is 3. The molecule has 1 atom stereocenters. The van der Waals surface area contributed by atoms with Crippen LogP contribution in [0.4, 0.5) is 0 Å². The van der Waals surface area contributed by atoms with E-state index in [4.69, 9.17) is 21.1 Å². The third kappa shape index (κ3) is 1.77. The van der Waals surface area contributed by atoms with Crippen molar-refractivity contribution in [2.24, 2.45) is 0 Å². The summed E-state index contributed by atoms with van der Waals surface area (Å²) >= 11 is 6.33. The van der Waals surface area contributed by atoms with Gasteiger partial charge >= 0.3 is 0 Å². The zero-order chi connectivity index (χ0) is 12.8. The van der Waals surface area contributed by atoms with Gasteiger partial charge in [0.05, 0.1) is 5.02 Å². The molecule has 1 unspecified atom stereocenters. The molecule has 18 heavy (non-hydrogen) atoms. The van der Waals surface area contributed by atoms with E-state index in [1.54, 1.807) is 0 Å². The fourth-order valence-electron chi connectivity index (χ4n) is 2.99. The van der Waals surface area contributed by atoms with Gasteiger partial charge in [-0.3, -0.25) is 0 Å². The van der Waals surface area contributed by atoms with Crippen LogP contribution in [0.3, 0.4) is 0 Å². The third-order valence-corrected chi connectivity index (χ3v) is 4.26. The number of nitrogens with one attached hydrogen (secondary N) is 1. The first-order chi connectivity index (χ1) is 8.62. The largest absolute Gasteiger partial charge is 0.486 e. The Morgan fingerprint density at radius 3 is 2.67 bits per heavy atom. The maximum atomic E-state index is 6.33. The van der Waals surface area contributed by atoms with Gasteiger partial charge in [-0.05, 0) is 44.9 Å². The smallest absolute Gasteiger partial charge is 0.180 e. The second-order valence-electron chi connectivity index (χ2n) is 5.25. The van der Waals surface area contributed by atoms with E-state index in [1.165, 1.54) is 12.0 Å². The standard InChI is InChI=1S/C14H18ClNO2/c1-9-10(14(2)4-3-5-16-14)8-11(15)13-12(9)17-6-7-18-13/h8,16H,3-7H2,1-2H3. The Labute approximate surface area is 112 Å². The van der Waals surface area contributed by atoms with E-state index in [-0.39, 0.29) is 5.54 Å². The van der Waals surface area contributed by atoms with Crippen molar-refractivity contribution < 1.29 is 9.47 Å². The van der Waals surface area contributed by atoms with Gasteiger partial charge in [-0.1, -0.05) is 11.6 Å². The van der Waals surface area contributed by atoms with Gasteiger partial charge in [-0.25, -0.2) is 0 Å². The lowest BCUT2D eigenvalue weighted by molar-refractivity contribution is 0.170. The topological polar surface area (TPSA) is 30.5 Å². The van der Waals surface area contributed by atoms with Crippen LogP contribution >= 0.6 is 11.6 Å². The summed E-state index contributed by atoms with van der Waals surface area (Å²) < 4.78 is 11.4. The van der Waals surface area contributed by atoms with Crippen LogP contribution in [0.25, 0.3) is 0 Å². The Morgan fingerprint density at radius 2 is 2.00 bits per heavy atom. The summed E-state index contributed by atoms with van der Waals surface area (Å²) in [7, 11) is 0. The Kier molecular flexibility index (Phi) is 2.91. The van der Waals surface area contributed by atoms with Crippen LogP contribution in [-0.2, 0) is 5.54 Å². The first-order valence-electron chi connectivity index (χ1n) is 6.46. The second kappa shape index (κ2) is 4.32. The summed E-state index contributed by atoms with van der Waals surface area (Å²) in [6, 6.07) is 2.03. The molecular weight excluding hydrogens is 250 g/mol. The maximum absolute atomic E-state index is 6.33. The fraction of sp³-hybridized carbons (Fsp3) is 0.571. The second-order valence-corrected chi connectivity index (χ2v) is 5.66. The molecule has 1 fully saturated rings. The van der Waals surface area contributed by atoms with Crippen molar-refractivity contribution in [2.75, 3.05) is 19.8 Å². The van der Waals surface area contributed by atoms with Crippen molar-refractivity contribution in [1.82, 2.24) is 5.32 Å². The van der Waals surface area contributed by atoms with E-state index in [2.05, 4.69) is 19.2 Å². The van der Waals surface area contributed by atoms with Crippen molar-refractivity contribution in [3.63, 3.8) is 0 Å². The molecule has 1 N–H and O–H groups in total. The highest BCUT2D eigenvalue weighted by molar-refractivity contribution is 6.32. The van der Waals surface area contributed by atoms with E-state index < -0.39 is 0 Å². The minimum atomic E-state index is 0.00353. The number of rotatable bonds is 1. The summed E-state index contributed by atoms with van der Waals surface area (Å²) in [4.78, 5) is 0. The summed E-state index contributed by atoms with van der Waals surface area (Å²) in [6.07, 6.45) is 2.33. The molecule has 1 aromatic rings. The first-order valence-corrected chi connectivity index (χ1v) is 6.84. The molecule has 0 spiro atoms. The molecule has 4 heteroatoms. The average Bonchev–Trinajstić information content (AvgIpc) is 2.82. The number of ether oxygens (including phenoxy) is 2. The molecule has 2 heterocycles. The molecule has 2 aliphatic rings. The molecule has 98 valence electrons. The number of fused-ring (bicyclic) bond motifs is 1. The Morgan fingerprint density at radius 1 is 1.28 bits per heavy atom. The first kappa shape index (κ1) is 12.1. The van der Waals surface area contributed by atoms with Gasteiger partial charge in [0.2, 0.25) is 0 Å². The number of halogens is 1. The third-order valence-electron chi connectivity index (χ3n) is 3.98. The maximum Gasteiger partial charge on any atom is 0.180 e. The van der Waals surface area contributed by atoms with Crippen molar-refractivity contribution in [1.29, 1.82) is 0 Å². The normalized spacial score (nSPS) is 26.4. The minimum absolute atomic E-state index is 0.00353. The predicted molar refractivity (Wildman–Crippen MR) is 71.8 cm³/mol. The lowest BCUT2D eigenvalue weighted by Crippen LogP contribution is -2.34. The molecule has 0 bridgehead atoms. The molecule has 3 rings (SSSR count). The minimum Gasteiger partial charge on any atom is -0.486 e. The zero-order valence-corrected chi connectivity index (χ0v) is 11.6. The highest BCUT2D eigenvalue weighted by Crippen LogP contribution is 2.45. The Bertz CT molecular complexity index is 481. The van der Waals surface area contributed by atoms with Crippen LogP contribution in [0.1, 0.15) is 30.9 Å². The van der Waals surface area contributed by atoms with Crippen LogP contribution in [0.5, 0.6) is 11.5 Å². The average molecular weight is 268 g/mol. The summed E-state index contributed by atoms with van der Waals surface area (Å²) in [6.45, 7) is 6.54. The summed E-state index contributed by atoms with van der Waals surface area (Å²) in [5.74, 6) is 1.52. The van der Waals surface area contributed by atoms with Crippen LogP contribution in [-0.4, -0.2) is 19.8 Å². The summed E-state index contributed by atoms with van der Waals surface area (Å²) in [5.41, 5.74) is 2.38. The van der Waals surface area contributed by atoms with Crippen LogP contribution in [0, 0.1) is 6.92 Å². The molecule has 0 saturated carbocycles.